The van der Waals surface area contributed by atoms with Gasteiger partial charge in [0.2, 0.25) is 0 Å². The molecule has 2 aliphatic rings. The Labute approximate surface area is 74.9 Å². The Morgan fingerprint density at radius 2 is 2.00 bits per heavy atom. The van der Waals surface area contributed by atoms with E-state index in [1.807, 2.05) is 0 Å². The van der Waals surface area contributed by atoms with E-state index in [2.05, 4.69) is 26.2 Å². The van der Waals surface area contributed by atoms with E-state index in [0.717, 1.165) is 5.92 Å². The topological polar surface area (TPSA) is 38.0 Å². The summed E-state index contributed by atoms with van der Waals surface area (Å²) in [5.41, 5.74) is 3.92. The van der Waals surface area contributed by atoms with Crippen molar-refractivity contribution in [1.29, 1.82) is 0 Å². The van der Waals surface area contributed by atoms with Gasteiger partial charge in [-0.15, -0.1) is 0 Å². The van der Waals surface area contributed by atoms with Crippen LogP contribution in [0.15, 0.2) is 0 Å². The van der Waals surface area contributed by atoms with Crippen molar-refractivity contribution in [2.45, 2.75) is 46.1 Å². The van der Waals surface area contributed by atoms with Crippen LogP contribution in [0.5, 0.6) is 0 Å². The summed E-state index contributed by atoms with van der Waals surface area (Å²) in [7, 11) is 0. The number of hydrazine groups is 1. The van der Waals surface area contributed by atoms with Gasteiger partial charge in [0.15, 0.2) is 0 Å². The van der Waals surface area contributed by atoms with Crippen molar-refractivity contribution in [3.8, 4) is 0 Å². The van der Waals surface area contributed by atoms with Gasteiger partial charge in [0, 0.05) is 6.04 Å². The first-order valence-electron chi connectivity index (χ1n) is 4.98. The molecule has 2 rings (SSSR count). The van der Waals surface area contributed by atoms with Gasteiger partial charge in [-0.25, -0.2) is 0 Å². The van der Waals surface area contributed by atoms with Crippen LogP contribution in [0.3, 0.4) is 0 Å². The maximum absolute atomic E-state index is 5.58. The molecule has 2 fully saturated rings. The summed E-state index contributed by atoms with van der Waals surface area (Å²) in [5.74, 6) is 6.47. The van der Waals surface area contributed by atoms with E-state index in [-0.39, 0.29) is 0 Å². The van der Waals surface area contributed by atoms with Crippen LogP contribution in [0.1, 0.15) is 40.0 Å². The fraction of sp³-hybridized carbons (Fsp3) is 1.00. The van der Waals surface area contributed by atoms with E-state index in [4.69, 9.17) is 5.84 Å². The Kier molecular flexibility index (Phi) is 1.59. The predicted octanol–water partition coefficient (Wildman–Crippen LogP) is 1.66. The molecule has 2 nitrogen and oxygen atoms in total. The zero-order valence-electron chi connectivity index (χ0n) is 8.35. The van der Waals surface area contributed by atoms with Gasteiger partial charge in [-0.05, 0) is 36.0 Å². The maximum Gasteiger partial charge on any atom is 0.0272 e. The minimum Gasteiger partial charge on any atom is -0.271 e. The summed E-state index contributed by atoms with van der Waals surface area (Å²) < 4.78 is 0. The summed E-state index contributed by atoms with van der Waals surface area (Å²) in [6, 6.07) is 0.547. The van der Waals surface area contributed by atoms with E-state index in [0.29, 0.717) is 16.9 Å². The highest BCUT2D eigenvalue weighted by atomic mass is 15.2. The molecule has 2 bridgehead atoms. The Morgan fingerprint density at radius 3 is 2.25 bits per heavy atom. The van der Waals surface area contributed by atoms with E-state index in [1.54, 1.807) is 0 Å². The van der Waals surface area contributed by atoms with Gasteiger partial charge in [0.05, 0.1) is 0 Å². The van der Waals surface area contributed by atoms with Crippen LogP contribution in [0.25, 0.3) is 0 Å². The lowest BCUT2D eigenvalue weighted by Gasteiger charge is -2.38. The van der Waals surface area contributed by atoms with Crippen LogP contribution < -0.4 is 11.3 Å². The Morgan fingerprint density at radius 1 is 1.33 bits per heavy atom. The first-order valence-corrected chi connectivity index (χ1v) is 4.98. The van der Waals surface area contributed by atoms with Gasteiger partial charge in [-0.1, -0.05) is 20.8 Å². The molecule has 2 saturated carbocycles. The molecule has 3 atom stereocenters. The lowest BCUT2D eigenvalue weighted by Crippen LogP contribution is -2.47. The largest absolute Gasteiger partial charge is 0.271 e. The molecule has 0 radical (unpaired) electrons. The SMILES string of the molecule is CC1(C)[C@H]2CC[C@]1(C)[C@H](NN)C2. The van der Waals surface area contributed by atoms with Crippen LogP contribution in [0.2, 0.25) is 0 Å². The summed E-state index contributed by atoms with van der Waals surface area (Å²) >= 11 is 0. The quantitative estimate of drug-likeness (QED) is 0.461. The molecule has 0 spiro atoms. The third kappa shape index (κ3) is 0.728. The highest BCUT2D eigenvalue weighted by Crippen LogP contribution is 2.65. The second-order valence-electron chi connectivity index (χ2n) is 5.33. The molecule has 0 heterocycles. The third-order valence-electron chi connectivity index (χ3n) is 5.00. The number of hydrogen-bond donors (Lipinski definition) is 2. The summed E-state index contributed by atoms with van der Waals surface area (Å²) in [6.45, 7) is 7.20. The maximum atomic E-state index is 5.58. The van der Waals surface area contributed by atoms with Crippen molar-refractivity contribution in [3.05, 3.63) is 0 Å². The van der Waals surface area contributed by atoms with E-state index in [9.17, 15) is 0 Å². The molecule has 0 amide bonds. The molecule has 0 aliphatic heterocycles. The molecule has 0 unspecified atom stereocenters. The molecular weight excluding hydrogens is 148 g/mol. The fourth-order valence-electron chi connectivity index (χ4n) is 3.46. The van der Waals surface area contributed by atoms with Crippen molar-refractivity contribution in [3.63, 3.8) is 0 Å². The minimum absolute atomic E-state index is 0.437. The first-order chi connectivity index (χ1) is 5.52. The van der Waals surface area contributed by atoms with Gasteiger partial charge < -0.3 is 0 Å². The Hall–Kier alpha value is -0.0800. The number of nitrogens with two attached hydrogens (primary N) is 1. The summed E-state index contributed by atoms with van der Waals surface area (Å²) in [4.78, 5) is 0. The number of hydrogen-bond acceptors (Lipinski definition) is 2. The second kappa shape index (κ2) is 2.24. The lowest BCUT2D eigenvalue weighted by atomic mass is 9.69. The molecule has 0 saturated heterocycles. The van der Waals surface area contributed by atoms with Crippen molar-refractivity contribution in [2.24, 2.45) is 22.6 Å². The average Bonchev–Trinajstić information content (AvgIpc) is 2.34. The number of nitrogens with one attached hydrogen (secondary N) is 1. The van der Waals surface area contributed by atoms with Crippen molar-refractivity contribution in [1.82, 2.24) is 5.43 Å². The molecule has 2 heteroatoms. The van der Waals surface area contributed by atoms with Crippen molar-refractivity contribution >= 4 is 0 Å². The third-order valence-corrected chi connectivity index (χ3v) is 5.00. The summed E-state index contributed by atoms with van der Waals surface area (Å²) in [5, 5.41) is 0. The molecule has 12 heavy (non-hydrogen) atoms. The van der Waals surface area contributed by atoms with Gasteiger partial charge in [-0.2, -0.15) is 0 Å². The van der Waals surface area contributed by atoms with Crippen LogP contribution in [-0.4, -0.2) is 6.04 Å². The van der Waals surface area contributed by atoms with Gasteiger partial charge in [0.25, 0.3) is 0 Å². The van der Waals surface area contributed by atoms with Crippen molar-refractivity contribution in [2.75, 3.05) is 0 Å². The van der Waals surface area contributed by atoms with Crippen LogP contribution in [0.4, 0.5) is 0 Å². The predicted molar refractivity (Wildman–Crippen MR) is 50.3 cm³/mol. The second-order valence-corrected chi connectivity index (χ2v) is 5.33. The zero-order valence-corrected chi connectivity index (χ0v) is 8.35. The lowest BCUT2D eigenvalue weighted by molar-refractivity contribution is 0.121. The minimum atomic E-state index is 0.437. The standard InChI is InChI=1S/C10H20N2/c1-9(2)7-4-5-10(9,3)8(6-7)12-11/h7-8,12H,4-6,11H2,1-3H3/t7-,8+,10+/m0/s1. The monoisotopic (exact) mass is 168 g/mol. The number of rotatable bonds is 1. The van der Waals surface area contributed by atoms with Crippen LogP contribution >= 0.6 is 0 Å². The molecule has 0 aromatic carbocycles. The smallest absolute Gasteiger partial charge is 0.0272 e. The number of fused-ring (bicyclic) bond motifs is 2. The molecule has 2 aliphatic carbocycles. The normalized spacial score (nSPS) is 50.0. The highest BCUT2D eigenvalue weighted by molar-refractivity contribution is 5.12. The van der Waals surface area contributed by atoms with Gasteiger partial charge >= 0.3 is 0 Å². The average molecular weight is 168 g/mol. The van der Waals surface area contributed by atoms with E-state index in [1.165, 1.54) is 19.3 Å². The van der Waals surface area contributed by atoms with Crippen LogP contribution in [0, 0.1) is 16.7 Å². The van der Waals surface area contributed by atoms with Crippen molar-refractivity contribution < 1.29 is 0 Å². The molecule has 3 N–H and O–H groups in total. The first kappa shape index (κ1) is 8.52. The molecule has 0 aromatic rings. The van der Waals surface area contributed by atoms with Gasteiger partial charge in [-0.3, -0.25) is 11.3 Å². The Balaban J connectivity index is 2.33. The molecule has 70 valence electrons. The fourth-order valence-corrected chi connectivity index (χ4v) is 3.46. The van der Waals surface area contributed by atoms with E-state index < -0.39 is 0 Å². The molecule has 0 aromatic heterocycles. The van der Waals surface area contributed by atoms with Crippen LogP contribution in [-0.2, 0) is 0 Å². The van der Waals surface area contributed by atoms with E-state index >= 15 is 0 Å². The molecular formula is C10H20N2. The summed E-state index contributed by atoms with van der Waals surface area (Å²) in [6.07, 6.45) is 4.03. The Bertz CT molecular complexity index is 200. The van der Waals surface area contributed by atoms with Gasteiger partial charge in [0.1, 0.15) is 0 Å². The highest BCUT2D eigenvalue weighted by Gasteiger charge is 2.60. The zero-order chi connectivity index (χ0) is 8.98.